The van der Waals surface area contributed by atoms with Gasteiger partial charge in [0.15, 0.2) is 0 Å². The summed E-state index contributed by atoms with van der Waals surface area (Å²) < 4.78 is 53.5. The van der Waals surface area contributed by atoms with Gasteiger partial charge in [0.2, 0.25) is 10.0 Å². The first-order chi connectivity index (χ1) is 13.8. The van der Waals surface area contributed by atoms with Crippen molar-refractivity contribution in [1.82, 2.24) is 14.5 Å². The number of pyridine rings is 1. The fourth-order valence-corrected chi connectivity index (χ4v) is 3.83. The lowest BCUT2D eigenvalue weighted by atomic mass is 10.0. The third-order valence-electron chi connectivity index (χ3n) is 4.68. The molecule has 148 valence electrons. The average Bonchev–Trinajstić information content (AvgIpc) is 3.07. The second kappa shape index (κ2) is 7.02. The van der Waals surface area contributed by atoms with Crippen molar-refractivity contribution in [3.05, 3.63) is 77.9 Å². The van der Waals surface area contributed by atoms with E-state index in [-0.39, 0.29) is 12.1 Å². The van der Waals surface area contributed by atoms with Crippen LogP contribution in [0.3, 0.4) is 0 Å². The Bertz CT molecular complexity index is 1310. The van der Waals surface area contributed by atoms with Crippen molar-refractivity contribution in [2.24, 2.45) is 5.14 Å². The smallest absolute Gasteiger partial charge is 0.238 e. The fourth-order valence-electron chi connectivity index (χ4n) is 3.29. The van der Waals surface area contributed by atoms with Gasteiger partial charge in [-0.1, -0.05) is 30.3 Å². The third-order valence-corrected chi connectivity index (χ3v) is 5.57. The molecule has 0 bridgehead atoms. The Kier molecular flexibility index (Phi) is 4.64. The Hall–Kier alpha value is -3.17. The lowest BCUT2D eigenvalue weighted by Gasteiger charge is -2.13. The van der Waals surface area contributed by atoms with Gasteiger partial charge >= 0.3 is 0 Å². The van der Waals surface area contributed by atoms with Crippen LogP contribution < -0.4 is 5.14 Å². The third kappa shape index (κ3) is 3.50. The highest BCUT2D eigenvalue weighted by Gasteiger charge is 2.19. The van der Waals surface area contributed by atoms with Gasteiger partial charge in [0.25, 0.3) is 0 Å². The van der Waals surface area contributed by atoms with E-state index in [0.717, 1.165) is 29.0 Å². The number of benzene rings is 2. The summed E-state index contributed by atoms with van der Waals surface area (Å²) in [6.45, 7) is 1.67. The first kappa shape index (κ1) is 19.2. The van der Waals surface area contributed by atoms with Crippen LogP contribution in [0.5, 0.6) is 0 Å². The summed E-state index contributed by atoms with van der Waals surface area (Å²) in [5.74, 6) is -1.99. The van der Waals surface area contributed by atoms with E-state index in [2.05, 4.69) is 9.97 Å². The Morgan fingerprint density at radius 2 is 1.72 bits per heavy atom. The van der Waals surface area contributed by atoms with Crippen LogP contribution in [0.4, 0.5) is 8.78 Å². The molecule has 0 radical (unpaired) electrons. The van der Waals surface area contributed by atoms with Gasteiger partial charge in [0, 0.05) is 16.8 Å². The van der Waals surface area contributed by atoms with Crippen molar-refractivity contribution in [3.8, 4) is 11.1 Å². The second-order valence-electron chi connectivity index (χ2n) is 6.60. The minimum atomic E-state index is -4.22. The minimum absolute atomic E-state index is 0.178. The molecular weight excluding hydrogens is 398 g/mol. The maximum absolute atomic E-state index is 14.5. The summed E-state index contributed by atoms with van der Waals surface area (Å²) in [6, 6.07) is 10.9. The van der Waals surface area contributed by atoms with E-state index >= 15 is 0 Å². The van der Waals surface area contributed by atoms with Crippen molar-refractivity contribution >= 4 is 21.1 Å². The molecule has 29 heavy (non-hydrogen) atoms. The predicted octanol–water partition coefficient (Wildman–Crippen LogP) is 3.38. The van der Waals surface area contributed by atoms with Crippen LogP contribution in [0.1, 0.15) is 11.3 Å². The van der Waals surface area contributed by atoms with Crippen molar-refractivity contribution < 1.29 is 17.2 Å². The molecule has 4 aromatic rings. The minimum Gasteiger partial charge on any atom is -0.325 e. The van der Waals surface area contributed by atoms with Gasteiger partial charge in [-0.15, -0.1) is 0 Å². The highest BCUT2D eigenvalue weighted by molar-refractivity contribution is 7.89. The van der Waals surface area contributed by atoms with E-state index < -0.39 is 26.6 Å². The maximum atomic E-state index is 14.5. The number of hydrogen-bond donors (Lipinski definition) is 1. The fraction of sp³-hybridized carbons (Fsp3) is 0.100. The molecule has 0 atom stereocenters. The molecule has 0 saturated heterocycles. The van der Waals surface area contributed by atoms with Gasteiger partial charge in [-0.3, -0.25) is 4.98 Å². The Morgan fingerprint density at radius 1 is 1.07 bits per heavy atom. The summed E-state index contributed by atoms with van der Waals surface area (Å²) in [6.07, 6.45) is 3.08. The molecule has 2 aromatic heterocycles. The molecule has 0 spiro atoms. The molecule has 9 heteroatoms. The number of aromatic nitrogens is 3. The van der Waals surface area contributed by atoms with Gasteiger partial charge in [-0.25, -0.2) is 27.3 Å². The molecule has 0 unspecified atom stereocenters. The number of nitrogens with two attached hydrogens (primary N) is 1. The van der Waals surface area contributed by atoms with Gasteiger partial charge in [-0.05, 0) is 24.6 Å². The zero-order valence-corrected chi connectivity index (χ0v) is 16.1. The van der Waals surface area contributed by atoms with E-state index in [9.17, 15) is 17.2 Å². The van der Waals surface area contributed by atoms with Crippen LogP contribution in [0.15, 0.2) is 59.9 Å². The Morgan fingerprint density at radius 3 is 2.34 bits per heavy atom. The molecule has 0 aliphatic heterocycles. The summed E-state index contributed by atoms with van der Waals surface area (Å²) in [5, 5.41) is 4.97. The number of rotatable bonds is 4. The van der Waals surface area contributed by atoms with Crippen LogP contribution in [-0.2, 0) is 16.6 Å². The summed E-state index contributed by atoms with van der Waals surface area (Å²) in [5.41, 5.74) is 3.42. The van der Waals surface area contributed by atoms with Crippen molar-refractivity contribution in [3.63, 3.8) is 0 Å². The maximum Gasteiger partial charge on any atom is 0.238 e. The van der Waals surface area contributed by atoms with Crippen molar-refractivity contribution in [1.29, 1.82) is 0 Å². The Balaban J connectivity index is 1.88. The summed E-state index contributed by atoms with van der Waals surface area (Å²) >= 11 is 0. The van der Waals surface area contributed by atoms with Gasteiger partial charge in [0.05, 0.1) is 29.5 Å². The zero-order valence-electron chi connectivity index (χ0n) is 15.3. The summed E-state index contributed by atoms with van der Waals surface area (Å²) in [4.78, 5) is 8.06. The quantitative estimate of drug-likeness (QED) is 0.554. The normalized spacial score (nSPS) is 11.9. The number of primary sulfonamides is 1. The van der Waals surface area contributed by atoms with E-state index in [4.69, 9.17) is 5.14 Å². The molecule has 0 aliphatic rings. The number of sulfonamides is 1. The van der Waals surface area contributed by atoms with E-state index in [0.29, 0.717) is 11.0 Å². The van der Waals surface area contributed by atoms with Crippen LogP contribution in [-0.4, -0.2) is 23.0 Å². The number of aryl methyl sites for hydroxylation is 1. The van der Waals surface area contributed by atoms with E-state index in [1.165, 1.54) is 6.33 Å². The van der Waals surface area contributed by atoms with E-state index in [1.807, 2.05) is 37.3 Å². The standard InChI is InChI=1S/C20H16F2N4O2S/c1-12-19(13-5-3-2-4-6-13)20-18(9-24-12)25-11-26(20)10-15-16(21)7-14(8-17(15)22)29(23,27)28/h2-9,11H,10H2,1H3,(H2,23,27,28). The molecule has 2 heterocycles. The molecule has 6 nitrogen and oxygen atoms in total. The highest BCUT2D eigenvalue weighted by atomic mass is 32.2. The average molecular weight is 414 g/mol. The molecule has 2 N–H and O–H groups in total. The topological polar surface area (TPSA) is 90.9 Å². The molecule has 0 fully saturated rings. The van der Waals surface area contributed by atoms with Gasteiger partial charge in [-0.2, -0.15) is 0 Å². The molecule has 0 saturated carbocycles. The largest absolute Gasteiger partial charge is 0.325 e. The zero-order chi connectivity index (χ0) is 20.8. The molecule has 0 aliphatic carbocycles. The highest BCUT2D eigenvalue weighted by Crippen LogP contribution is 2.31. The molecule has 2 aromatic carbocycles. The number of fused-ring (bicyclic) bond motifs is 1. The monoisotopic (exact) mass is 414 g/mol. The lowest BCUT2D eigenvalue weighted by molar-refractivity contribution is 0.537. The van der Waals surface area contributed by atoms with Crippen LogP contribution >= 0.6 is 0 Å². The predicted molar refractivity (Wildman–Crippen MR) is 105 cm³/mol. The van der Waals surface area contributed by atoms with Crippen LogP contribution in [0.2, 0.25) is 0 Å². The summed E-state index contributed by atoms with van der Waals surface area (Å²) in [7, 11) is -4.22. The van der Waals surface area contributed by atoms with Crippen molar-refractivity contribution in [2.45, 2.75) is 18.4 Å². The SMILES string of the molecule is Cc1ncc2ncn(Cc3c(F)cc(S(N)(=O)=O)cc3F)c2c1-c1ccccc1. The number of imidazole rings is 1. The van der Waals surface area contributed by atoms with E-state index in [1.54, 1.807) is 10.8 Å². The van der Waals surface area contributed by atoms with Gasteiger partial charge in [0.1, 0.15) is 17.2 Å². The van der Waals surface area contributed by atoms with Gasteiger partial charge < -0.3 is 4.57 Å². The molecular formula is C20H16F2N4O2S. The van der Waals surface area contributed by atoms with Crippen LogP contribution in [0, 0.1) is 18.6 Å². The Labute approximate surface area is 165 Å². The molecule has 0 amide bonds. The number of hydrogen-bond acceptors (Lipinski definition) is 4. The number of nitrogens with zero attached hydrogens (tertiary/aromatic N) is 3. The first-order valence-corrected chi connectivity index (χ1v) is 10.2. The number of halogens is 2. The first-order valence-electron chi connectivity index (χ1n) is 8.62. The lowest BCUT2D eigenvalue weighted by Crippen LogP contribution is -2.14. The van der Waals surface area contributed by atoms with Crippen LogP contribution in [0.25, 0.3) is 22.2 Å². The second-order valence-corrected chi connectivity index (χ2v) is 8.16. The molecule has 4 rings (SSSR count). The van der Waals surface area contributed by atoms with Crippen molar-refractivity contribution in [2.75, 3.05) is 0 Å².